The predicted octanol–water partition coefficient (Wildman–Crippen LogP) is 5.58. The number of halogens is 2. The number of fused-ring (bicyclic) bond motifs is 1. The molecule has 0 saturated heterocycles. The summed E-state index contributed by atoms with van der Waals surface area (Å²) in [5.74, 6) is 0.136. The van der Waals surface area contributed by atoms with E-state index in [0.717, 1.165) is 20.8 Å². The van der Waals surface area contributed by atoms with E-state index in [4.69, 9.17) is 16.3 Å². The number of hydrogen-bond donors (Lipinski definition) is 1. The number of carbonyl (C=O) groups excluding carboxylic acids is 2. The van der Waals surface area contributed by atoms with E-state index in [9.17, 15) is 9.59 Å². The van der Waals surface area contributed by atoms with Crippen molar-refractivity contribution in [1.29, 1.82) is 0 Å². The van der Waals surface area contributed by atoms with Gasteiger partial charge in [0.05, 0.1) is 4.47 Å². The van der Waals surface area contributed by atoms with Gasteiger partial charge in [-0.1, -0.05) is 61.0 Å². The van der Waals surface area contributed by atoms with E-state index in [2.05, 4.69) is 21.2 Å². The highest BCUT2D eigenvalue weighted by Crippen LogP contribution is 2.33. The summed E-state index contributed by atoms with van der Waals surface area (Å²) in [6.07, 6.45) is 0.491. The minimum Gasteiger partial charge on any atom is -0.483 e. The molecule has 32 heavy (non-hydrogen) atoms. The molecule has 0 heterocycles. The van der Waals surface area contributed by atoms with Crippen LogP contribution in [0.1, 0.15) is 25.8 Å². The zero-order chi connectivity index (χ0) is 23.1. The van der Waals surface area contributed by atoms with Gasteiger partial charge in [0.1, 0.15) is 11.8 Å². The smallest absolute Gasteiger partial charge is 0.261 e. The Morgan fingerprint density at radius 3 is 2.47 bits per heavy atom. The van der Waals surface area contributed by atoms with Crippen LogP contribution in [0.5, 0.6) is 5.75 Å². The maximum absolute atomic E-state index is 13.3. The minimum atomic E-state index is -0.596. The topological polar surface area (TPSA) is 58.6 Å². The van der Waals surface area contributed by atoms with Gasteiger partial charge in [-0.3, -0.25) is 9.59 Å². The van der Waals surface area contributed by atoms with Gasteiger partial charge in [0.15, 0.2) is 6.61 Å². The highest BCUT2D eigenvalue weighted by atomic mass is 79.9. The van der Waals surface area contributed by atoms with Crippen molar-refractivity contribution in [2.45, 2.75) is 32.9 Å². The molecule has 5 nitrogen and oxygen atoms in total. The van der Waals surface area contributed by atoms with E-state index in [-0.39, 0.29) is 25.0 Å². The molecule has 3 aromatic carbocycles. The predicted molar refractivity (Wildman–Crippen MR) is 132 cm³/mol. The summed E-state index contributed by atoms with van der Waals surface area (Å²) in [7, 11) is 0. The first-order valence-corrected chi connectivity index (χ1v) is 11.7. The number of hydrogen-bond acceptors (Lipinski definition) is 3. The quantitative estimate of drug-likeness (QED) is 0.403. The second kappa shape index (κ2) is 11.3. The van der Waals surface area contributed by atoms with Gasteiger partial charge in [-0.2, -0.15) is 0 Å². The van der Waals surface area contributed by atoms with Crippen molar-refractivity contribution in [3.05, 3.63) is 75.7 Å². The molecule has 2 amide bonds. The number of amides is 2. The number of rotatable bonds is 9. The summed E-state index contributed by atoms with van der Waals surface area (Å²) in [6, 6.07) is 18.4. The lowest BCUT2D eigenvalue weighted by Gasteiger charge is -2.30. The maximum Gasteiger partial charge on any atom is 0.261 e. The van der Waals surface area contributed by atoms with Crippen LogP contribution in [0.4, 0.5) is 0 Å². The SMILES string of the molecule is CCNC(=O)C(CC)N(Cc1ccc(Cl)cc1)C(=O)COc1ccc2ccccc2c1Br. The van der Waals surface area contributed by atoms with E-state index in [1.807, 2.05) is 62.4 Å². The van der Waals surface area contributed by atoms with Crippen molar-refractivity contribution in [2.24, 2.45) is 0 Å². The Kier molecular flexibility index (Phi) is 8.53. The third-order valence-corrected chi connectivity index (χ3v) is 6.25. The standard InChI is InChI=1S/C25H26BrClN2O3/c1-3-21(25(31)28-4-2)29(15-17-9-12-19(27)13-10-17)23(30)16-32-22-14-11-18-7-5-6-8-20(18)24(22)26/h5-14,21H,3-4,15-16H2,1-2H3,(H,28,31). The van der Waals surface area contributed by atoms with Gasteiger partial charge < -0.3 is 15.0 Å². The zero-order valence-corrected chi connectivity index (χ0v) is 20.4. The Labute approximate surface area is 201 Å². The fraction of sp³-hybridized carbons (Fsp3) is 0.280. The van der Waals surface area contributed by atoms with Crippen molar-refractivity contribution in [2.75, 3.05) is 13.2 Å². The third kappa shape index (κ3) is 5.81. The second-order valence-corrected chi connectivity index (χ2v) is 8.58. The Hall–Kier alpha value is -2.57. The van der Waals surface area contributed by atoms with E-state index in [1.165, 1.54) is 0 Å². The summed E-state index contributed by atoms with van der Waals surface area (Å²) in [6.45, 7) is 4.35. The molecule has 0 aliphatic carbocycles. The van der Waals surface area contributed by atoms with Crippen LogP contribution < -0.4 is 10.1 Å². The van der Waals surface area contributed by atoms with Gasteiger partial charge in [0.25, 0.3) is 5.91 Å². The van der Waals surface area contributed by atoms with E-state index >= 15 is 0 Å². The molecule has 0 aliphatic heterocycles. The molecule has 0 spiro atoms. The van der Waals surface area contributed by atoms with Gasteiger partial charge >= 0.3 is 0 Å². The summed E-state index contributed by atoms with van der Waals surface area (Å²) < 4.78 is 6.68. The number of nitrogens with zero attached hydrogens (tertiary/aromatic N) is 1. The average Bonchev–Trinajstić information content (AvgIpc) is 2.80. The Balaban J connectivity index is 1.81. The molecule has 1 N–H and O–H groups in total. The van der Waals surface area contributed by atoms with E-state index in [1.54, 1.807) is 17.0 Å². The van der Waals surface area contributed by atoms with Gasteiger partial charge in [-0.25, -0.2) is 0 Å². The number of ether oxygens (including phenoxy) is 1. The minimum absolute atomic E-state index is 0.177. The Bertz CT molecular complexity index is 1090. The molecule has 3 rings (SSSR count). The Morgan fingerprint density at radius 1 is 1.06 bits per heavy atom. The fourth-order valence-electron chi connectivity index (χ4n) is 3.55. The first kappa shape index (κ1) is 24.1. The lowest BCUT2D eigenvalue weighted by Crippen LogP contribution is -2.50. The van der Waals surface area contributed by atoms with Crippen LogP contribution in [0, 0.1) is 0 Å². The first-order chi connectivity index (χ1) is 15.4. The van der Waals surface area contributed by atoms with Crippen molar-refractivity contribution in [3.8, 4) is 5.75 Å². The molecule has 0 saturated carbocycles. The number of likely N-dealkylation sites (N-methyl/N-ethyl adjacent to an activating group) is 1. The van der Waals surface area contributed by atoms with E-state index < -0.39 is 6.04 Å². The van der Waals surface area contributed by atoms with Gasteiger partial charge in [-0.05, 0) is 63.8 Å². The molecule has 0 radical (unpaired) electrons. The average molecular weight is 518 g/mol. The molecular weight excluding hydrogens is 492 g/mol. The summed E-state index contributed by atoms with van der Waals surface area (Å²) in [5.41, 5.74) is 0.886. The van der Waals surface area contributed by atoms with Crippen molar-refractivity contribution < 1.29 is 14.3 Å². The largest absolute Gasteiger partial charge is 0.483 e. The molecule has 1 atom stereocenters. The molecule has 168 valence electrons. The highest BCUT2D eigenvalue weighted by molar-refractivity contribution is 9.10. The van der Waals surface area contributed by atoms with Gasteiger partial charge in [-0.15, -0.1) is 0 Å². The second-order valence-electron chi connectivity index (χ2n) is 7.35. The molecule has 3 aromatic rings. The van der Waals surface area contributed by atoms with Crippen molar-refractivity contribution in [1.82, 2.24) is 10.2 Å². The molecule has 0 aromatic heterocycles. The molecule has 0 fully saturated rings. The van der Waals surface area contributed by atoms with Gasteiger partial charge in [0.2, 0.25) is 5.91 Å². The molecule has 1 unspecified atom stereocenters. The Morgan fingerprint density at radius 2 is 1.78 bits per heavy atom. The van der Waals surface area contributed by atoms with Gasteiger partial charge in [0, 0.05) is 18.1 Å². The van der Waals surface area contributed by atoms with Crippen molar-refractivity contribution in [3.63, 3.8) is 0 Å². The number of nitrogens with one attached hydrogen (secondary N) is 1. The van der Waals surface area contributed by atoms with E-state index in [0.29, 0.717) is 23.7 Å². The maximum atomic E-state index is 13.3. The normalized spacial score (nSPS) is 11.8. The van der Waals surface area contributed by atoms with Crippen LogP contribution in [-0.2, 0) is 16.1 Å². The zero-order valence-electron chi connectivity index (χ0n) is 18.1. The molecular formula is C25H26BrClN2O3. The summed E-state index contributed by atoms with van der Waals surface area (Å²) >= 11 is 9.59. The van der Waals surface area contributed by atoms with Crippen LogP contribution in [0.25, 0.3) is 10.8 Å². The van der Waals surface area contributed by atoms with Crippen LogP contribution >= 0.6 is 27.5 Å². The third-order valence-electron chi connectivity index (χ3n) is 5.18. The molecule has 0 aliphatic rings. The summed E-state index contributed by atoms with van der Waals surface area (Å²) in [4.78, 5) is 27.5. The fourth-order valence-corrected chi connectivity index (χ4v) is 4.28. The number of carbonyl (C=O) groups is 2. The first-order valence-electron chi connectivity index (χ1n) is 10.6. The monoisotopic (exact) mass is 516 g/mol. The van der Waals surface area contributed by atoms with Crippen LogP contribution in [0.3, 0.4) is 0 Å². The lowest BCUT2D eigenvalue weighted by molar-refractivity contribution is -0.142. The van der Waals surface area contributed by atoms with Crippen LogP contribution in [-0.4, -0.2) is 35.9 Å². The van der Waals surface area contributed by atoms with Crippen molar-refractivity contribution >= 4 is 50.1 Å². The van der Waals surface area contributed by atoms with Crippen LogP contribution in [0.15, 0.2) is 65.1 Å². The highest BCUT2D eigenvalue weighted by Gasteiger charge is 2.28. The summed E-state index contributed by atoms with van der Waals surface area (Å²) in [5, 5.41) is 5.52. The van der Waals surface area contributed by atoms with Crippen LogP contribution in [0.2, 0.25) is 5.02 Å². The molecule has 7 heteroatoms. The molecule has 0 bridgehead atoms. The lowest BCUT2D eigenvalue weighted by atomic mass is 10.1. The number of benzene rings is 3.